The Morgan fingerprint density at radius 3 is 3.06 bits per heavy atom. The van der Waals surface area contributed by atoms with Gasteiger partial charge in [0.05, 0.1) is 11.5 Å². The highest BCUT2D eigenvalue weighted by Gasteiger charge is 2.30. The minimum atomic E-state index is -0.277. The molecule has 1 aromatic rings. The van der Waals surface area contributed by atoms with Gasteiger partial charge in [0.25, 0.3) is 0 Å². The Morgan fingerprint density at radius 1 is 1.61 bits per heavy atom. The van der Waals surface area contributed by atoms with Crippen LogP contribution in [-0.4, -0.2) is 23.5 Å². The van der Waals surface area contributed by atoms with Gasteiger partial charge in [-0.2, -0.15) is 5.26 Å². The molecule has 0 aromatic carbocycles. The minimum absolute atomic E-state index is 0.158. The minimum Gasteiger partial charge on any atom is -0.369 e. The molecule has 0 saturated carbocycles. The molecule has 2 heterocycles. The van der Waals surface area contributed by atoms with E-state index in [1.165, 1.54) is 0 Å². The average molecular weight is 244 g/mol. The number of rotatable bonds is 2. The molecular weight excluding hydrogens is 228 g/mol. The maximum atomic E-state index is 11.3. The van der Waals surface area contributed by atoms with Gasteiger partial charge in [-0.1, -0.05) is 0 Å². The molecule has 1 fully saturated rings. The van der Waals surface area contributed by atoms with E-state index in [0.29, 0.717) is 17.9 Å². The van der Waals surface area contributed by atoms with E-state index in [1.807, 2.05) is 4.90 Å². The molecule has 1 aliphatic heterocycles. The molecule has 2 rings (SSSR count). The van der Waals surface area contributed by atoms with Crippen LogP contribution < -0.4 is 10.6 Å². The number of nitriles is 1. The Bertz CT molecular complexity index is 494. The fraction of sp³-hybridized carbons (Fsp3) is 0.462. The number of piperidine rings is 1. The van der Waals surface area contributed by atoms with Crippen molar-refractivity contribution in [3.8, 4) is 6.07 Å². The van der Waals surface area contributed by atoms with Crippen LogP contribution in [0.1, 0.15) is 25.3 Å². The molecule has 2 unspecified atom stereocenters. The van der Waals surface area contributed by atoms with Crippen LogP contribution in [0, 0.1) is 17.2 Å². The third-order valence-electron chi connectivity index (χ3n) is 3.46. The van der Waals surface area contributed by atoms with Gasteiger partial charge in [-0.25, -0.2) is 4.98 Å². The highest BCUT2D eigenvalue weighted by molar-refractivity contribution is 5.77. The van der Waals surface area contributed by atoms with E-state index in [0.717, 1.165) is 12.8 Å². The lowest BCUT2D eigenvalue weighted by molar-refractivity contribution is -0.122. The summed E-state index contributed by atoms with van der Waals surface area (Å²) in [6.07, 6.45) is 3.35. The number of carbonyl (C=O) groups excluding carboxylic acids is 1. The van der Waals surface area contributed by atoms with E-state index in [-0.39, 0.29) is 17.9 Å². The lowest BCUT2D eigenvalue weighted by atomic mass is 9.92. The van der Waals surface area contributed by atoms with E-state index in [4.69, 9.17) is 11.0 Å². The average Bonchev–Trinajstić information content (AvgIpc) is 2.39. The Balaban J connectivity index is 2.30. The maximum absolute atomic E-state index is 11.3. The number of nitrogens with two attached hydrogens (primary N) is 1. The first kappa shape index (κ1) is 12.4. The first-order valence-corrected chi connectivity index (χ1v) is 6.04. The first-order valence-electron chi connectivity index (χ1n) is 6.04. The molecule has 5 nitrogen and oxygen atoms in total. The molecule has 0 radical (unpaired) electrons. The van der Waals surface area contributed by atoms with Crippen LogP contribution in [0.25, 0.3) is 0 Å². The Labute approximate surface area is 106 Å². The molecule has 0 spiro atoms. The predicted octanol–water partition coefficient (Wildman–Crippen LogP) is 1.04. The summed E-state index contributed by atoms with van der Waals surface area (Å²) in [6.45, 7) is 2.62. The van der Waals surface area contributed by atoms with Gasteiger partial charge in [-0.15, -0.1) is 0 Å². The fourth-order valence-corrected chi connectivity index (χ4v) is 2.35. The van der Waals surface area contributed by atoms with Crippen LogP contribution in [0.3, 0.4) is 0 Å². The van der Waals surface area contributed by atoms with Crippen LogP contribution in [0.2, 0.25) is 0 Å². The number of nitrogens with zero attached hydrogens (tertiary/aromatic N) is 3. The van der Waals surface area contributed by atoms with Crippen molar-refractivity contribution in [2.45, 2.75) is 25.8 Å². The second-order valence-corrected chi connectivity index (χ2v) is 4.66. The fourth-order valence-electron chi connectivity index (χ4n) is 2.35. The van der Waals surface area contributed by atoms with E-state index >= 15 is 0 Å². The van der Waals surface area contributed by atoms with Gasteiger partial charge in [0, 0.05) is 18.8 Å². The number of carbonyl (C=O) groups is 1. The highest BCUT2D eigenvalue weighted by Crippen LogP contribution is 2.28. The van der Waals surface area contributed by atoms with Gasteiger partial charge in [0.15, 0.2) is 0 Å². The molecular formula is C13H16N4O. The van der Waals surface area contributed by atoms with Crippen molar-refractivity contribution in [3.05, 3.63) is 23.9 Å². The summed E-state index contributed by atoms with van der Waals surface area (Å²) in [5.74, 6) is 0.217. The van der Waals surface area contributed by atoms with Gasteiger partial charge in [-0.3, -0.25) is 4.79 Å². The lowest BCUT2D eigenvalue weighted by Gasteiger charge is -2.38. The zero-order chi connectivity index (χ0) is 13.1. The molecule has 1 aromatic heterocycles. The van der Waals surface area contributed by atoms with Crippen molar-refractivity contribution in [2.75, 3.05) is 11.4 Å². The van der Waals surface area contributed by atoms with Gasteiger partial charge >= 0.3 is 0 Å². The molecule has 1 aliphatic rings. The van der Waals surface area contributed by atoms with Crippen LogP contribution >= 0.6 is 0 Å². The van der Waals surface area contributed by atoms with Gasteiger partial charge in [0.1, 0.15) is 11.9 Å². The monoisotopic (exact) mass is 244 g/mol. The number of pyridine rings is 1. The van der Waals surface area contributed by atoms with E-state index in [2.05, 4.69) is 18.0 Å². The molecule has 94 valence electrons. The van der Waals surface area contributed by atoms with Crippen LogP contribution in [0.4, 0.5) is 5.82 Å². The predicted molar refractivity (Wildman–Crippen MR) is 67.7 cm³/mol. The van der Waals surface area contributed by atoms with Gasteiger partial charge < -0.3 is 10.6 Å². The SMILES string of the molecule is CC1CCC(C(N)=O)CN1c1ncccc1C#N. The van der Waals surface area contributed by atoms with Gasteiger partial charge in [0.2, 0.25) is 5.91 Å². The topological polar surface area (TPSA) is 83.0 Å². The van der Waals surface area contributed by atoms with E-state index < -0.39 is 0 Å². The Hall–Kier alpha value is -2.09. The highest BCUT2D eigenvalue weighted by atomic mass is 16.1. The molecule has 5 heteroatoms. The maximum Gasteiger partial charge on any atom is 0.222 e. The quantitative estimate of drug-likeness (QED) is 0.842. The summed E-state index contributed by atoms with van der Waals surface area (Å²) in [5.41, 5.74) is 5.91. The van der Waals surface area contributed by atoms with Gasteiger partial charge in [-0.05, 0) is 31.9 Å². The molecule has 0 bridgehead atoms. The zero-order valence-corrected chi connectivity index (χ0v) is 10.3. The Morgan fingerprint density at radius 2 is 2.39 bits per heavy atom. The summed E-state index contributed by atoms with van der Waals surface area (Å²) in [6, 6.07) is 5.88. The summed E-state index contributed by atoms with van der Waals surface area (Å²) in [4.78, 5) is 17.6. The third kappa shape index (κ3) is 2.28. The number of anilines is 1. The van der Waals surface area contributed by atoms with Crippen molar-refractivity contribution in [3.63, 3.8) is 0 Å². The summed E-state index contributed by atoms with van der Waals surface area (Å²) >= 11 is 0. The second-order valence-electron chi connectivity index (χ2n) is 4.66. The van der Waals surface area contributed by atoms with E-state index in [9.17, 15) is 4.79 Å². The summed E-state index contributed by atoms with van der Waals surface area (Å²) in [7, 11) is 0. The number of amides is 1. The van der Waals surface area contributed by atoms with Crippen molar-refractivity contribution in [2.24, 2.45) is 11.7 Å². The van der Waals surface area contributed by atoms with Crippen LogP contribution in [0.15, 0.2) is 18.3 Å². The third-order valence-corrected chi connectivity index (χ3v) is 3.46. The Kier molecular flexibility index (Phi) is 3.47. The molecule has 2 atom stereocenters. The number of hydrogen-bond donors (Lipinski definition) is 1. The smallest absolute Gasteiger partial charge is 0.222 e. The molecule has 1 saturated heterocycles. The van der Waals surface area contributed by atoms with E-state index in [1.54, 1.807) is 18.3 Å². The normalized spacial score (nSPS) is 23.4. The number of hydrogen-bond acceptors (Lipinski definition) is 4. The van der Waals surface area contributed by atoms with Crippen molar-refractivity contribution in [1.29, 1.82) is 5.26 Å². The largest absolute Gasteiger partial charge is 0.369 e. The zero-order valence-electron chi connectivity index (χ0n) is 10.3. The first-order chi connectivity index (χ1) is 8.63. The van der Waals surface area contributed by atoms with Crippen LogP contribution in [0.5, 0.6) is 0 Å². The second kappa shape index (κ2) is 5.05. The van der Waals surface area contributed by atoms with Crippen molar-refractivity contribution >= 4 is 11.7 Å². The summed E-state index contributed by atoms with van der Waals surface area (Å²) in [5, 5.41) is 9.10. The molecule has 18 heavy (non-hydrogen) atoms. The standard InChI is InChI=1S/C13H16N4O/c1-9-4-5-11(12(15)18)8-17(9)13-10(7-14)3-2-6-16-13/h2-3,6,9,11H,4-5,8H2,1H3,(H2,15,18). The van der Waals surface area contributed by atoms with Crippen molar-refractivity contribution in [1.82, 2.24) is 4.98 Å². The van der Waals surface area contributed by atoms with Crippen molar-refractivity contribution < 1.29 is 4.79 Å². The summed E-state index contributed by atoms with van der Waals surface area (Å²) < 4.78 is 0. The molecule has 0 aliphatic carbocycles. The number of primary amides is 1. The lowest BCUT2D eigenvalue weighted by Crippen LogP contribution is -2.46. The van der Waals surface area contributed by atoms with Crippen LogP contribution in [-0.2, 0) is 4.79 Å². The number of aromatic nitrogens is 1. The molecule has 2 N–H and O–H groups in total. The molecule has 1 amide bonds.